The molecule has 112 valence electrons. The molecule has 0 bridgehead atoms. The van der Waals surface area contributed by atoms with Crippen molar-refractivity contribution >= 4 is 10.0 Å². The van der Waals surface area contributed by atoms with Crippen molar-refractivity contribution in [2.45, 2.75) is 19.8 Å². The Labute approximate surface area is 119 Å². The molecule has 0 aromatic heterocycles. The largest absolute Gasteiger partial charge is 0.490 e. The second-order valence-corrected chi connectivity index (χ2v) is 7.27. The van der Waals surface area contributed by atoms with Gasteiger partial charge in [-0.25, -0.2) is 17.1 Å². The van der Waals surface area contributed by atoms with Gasteiger partial charge in [0.1, 0.15) is 0 Å². The Kier molecular flexibility index (Phi) is 4.99. The van der Waals surface area contributed by atoms with Crippen molar-refractivity contribution in [3.05, 3.63) is 30.1 Å². The van der Waals surface area contributed by atoms with Gasteiger partial charge in [-0.05, 0) is 31.9 Å². The number of piperidine rings is 1. The molecule has 1 aromatic carbocycles. The summed E-state index contributed by atoms with van der Waals surface area (Å²) in [5, 5.41) is 0. The van der Waals surface area contributed by atoms with Crippen LogP contribution in [0.1, 0.15) is 19.8 Å². The molecule has 1 unspecified atom stereocenters. The minimum atomic E-state index is -3.14. The van der Waals surface area contributed by atoms with E-state index in [0.29, 0.717) is 19.7 Å². The molecule has 6 heteroatoms. The van der Waals surface area contributed by atoms with E-state index in [1.165, 1.54) is 10.4 Å². The summed E-state index contributed by atoms with van der Waals surface area (Å²) in [4.78, 5) is 0. The Morgan fingerprint density at radius 1 is 1.40 bits per heavy atom. The van der Waals surface area contributed by atoms with Crippen LogP contribution in [-0.2, 0) is 10.0 Å². The molecule has 4 nitrogen and oxygen atoms in total. The van der Waals surface area contributed by atoms with Crippen molar-refractivity contribution in [1.29, 1.82) is 0 Å². The van der Waals surface area contributed by atoms with Crippen molar-refractivity contribution < 1.29 is 17.5 Å². The van der Waals surface area contributed by atoms with Crippen LogP contribution < -0.4 is 4.74 Å². The Hall–Kier alpha value is -1.14. The van der Waals surface area contributed by atoms with Crippen molar-refractivity contribution in [2.75, 3.05) is 25.4 Å². The fraction of sp³-hybridized carbons (Fsp3) is 0.571. The summed E-state index contributed by atoms with van der Waals surface area (Å²) in [7, 11) is -3.14. The fourth-order valence-corrected chi connectivity index (χ4v) is 3.58. The molecule has 0 amide bonds. The normalized spacial score (nSPS) is 20.8. The van der Waals surface area contributed by atoms with Gasteiger partial charge in [-0.3, -0.25) is 0 Å². The van der Waals surface area contributed by atoms with Gasteiger partial charge < -0.3 is 4.74 Å². The molecule has 1 saturated heterocycles. The highest BCUT2D eigenvalue weighted by Gasteiger charge is 2.28. The van der Waals surface area contributed by atoms with E-state index >= 15 is 0 Å². The minimum Gasteiger partial charge on any atom is -0.490 e. The minimum absolute atomic E-state index is 0.115. The molecule has 1 fully saturated rings. The standard InChI is InChI=1S/C14H20FNO3S/c1-2-20(17,18)16-9-5-6-12(10-16)11-19-14-8-4-3-7-13(14)15/h3-4,7-8,12H,2,5-6,9-11H2,1H3. The van der Waals surface area contributed by atoms with Crippen LogP contribution in [0.4, 0.5) is 4.39 Å². The lowest BCUT2D eigenvalue weighted by molar-refractivity contribution is 0.176. The highest BCUT2D eigenvalue weighted by Crippen LogP contribution is 2.22. The number of para-hydroxylation sites is 1. The van der Waals surface area contributed by atoms with E-state index in [2.05, 4.69) is 0 Å². The maximum atomic E-state index is 13.4. The van der Waals surface area contributed by atoms with Crippen LogP contribution in [0, 0.1) is 11.7 Å². The van der Waals surface area contributed by atoms with Gasteiger partial charge in [-0.2, -0.15) is 0 Å². The summed E-state index contributed by atoms with van der Waals surface area (Å²) in [6.07, 6.45) is 1.73. The highest BCUT2D eigenvalue weighted by atomic mass is 32.2. The predicted molar refractivity (Wildman–Crippen MR) is 75.7 cm³/mol. The number of halogens is 1. The summed E-state index contributed by atoms with van der Waals surface area (Å²) in [5.74, 6) is 0.0717. The van der Waals surface area contributed by atoms with Crippen molar-refractivity contribution in [3.8, 4) is 5.75 Å². The van der Waals surface area contributed by atoms with E-state index in [1.807, 2.05) is 0 Å². The maximum absolute atomic E-state index is 13.4. The first-order valence-electron chi connectivity index (χ1n) is 6.88. The topological polar surface area (TPSA) is 46.6 Å². The molecule has 20 heavy (non-hydrogen) atoms. The Bertz CT molecular complexity index is 547. The third-order valence-corrected chi connectivity index (χ3v) is 5.40. The van der Waals surface area contributed by atoms with Gasteiger partial charge in [-0.1, -0.05) is 12.1 Å². The van der Waals surface area contributed by atoms with E-state index in [1.54, 1.807) is 25.1 Å². The molecule has 1 aliphatic heterocycles. The SMILES string of the molecule is CCS(=O)(=O)N1CCCC(COc2ccccc2F)C1. The summed E-state index contributed by atoms with van der Waals surface area (Å²) < 4.78 is 44.1. The van der Waals surface area contributed by atoms with Crippen molar-refractivity contribution in [2.24, 2.45) is 5.92 Å². The first-order chi connectivity index (χ1) is 9.53. The average molecular weight is 301 g/mol. The number of sulfonamides is 1. The number of hydrogen-bond donors (Lipinski definition) is 0. The van der Waals surface area contributed by atoms with Crippen LogP contribution in [-0.4, -0.2) is 38.2 Å². The van der Waals surface area contributed by atoms with Gasteiger partial charge in [0.25, 0.3) is 0 Å². The van der Waals surface area contributed by atoms with Crippen molar-refractivity contribution in [1.82, 2.24) is 4.31 Å². The van der Waals surface area contributed by atoms with Crippen LogP contribution in [0.5, 0.6) is 5.75 Å². The smallest absolute Gasteiger partial charge is 0.213 e. The van der Waals surface area contributed by atoms with Gasteiger partial charge in [0.15, 0.2) is 11.6 Å². The fourth-order valence-electron chi connectivity index (χ4n) is 2.37. The molecule has 0 radical (unpaired) electrons. The van der Waals surface area contributed by atoms with Crippen LogP contribution in [0.25, 0.3) is 0 Å². The summed E-state index contributed by atoms with van der Waals surface area (Å²) in [6.45, 7) is 3.03. The van der Waals surface area contributed by atoms with E-state index in [-0.39, 0.29) is 23.2 Å². The van der Waals surface area contributed by atoms with E-state index in [0.717, 1.165) is 12.8 Å². The van der Waals surface area contributed by atoms with E-state index in [4.69, 9.17) is 4.74 Å². The molecule has 0 saturated carbocycles. The Balaban J connectivity index is 1.92. The van der Waals surface area contributed by atoms with Crippen molar-refractivity contribution in [3.63, 3.8) is 0 Å². The predicted octanol–water partition coefficient (Wildman–Crippen LogP) is 2.27. The van der Waals surface area contributed by atoms with Gasteiger partial charge >= 0.3 is 0 Å². The molecular weight excluding hydrogens is 281 g/mol. The van der Waals surface area contributed by atoms with Gasteiger partial charge in [0.05, 0.1) is 12.4 Å². The lowest BCUT2D eigenvalue weighted by atomic mass is 10.0. The zero-order valence-electron chi connectivity index (χ0n) is 11.6. The average Bonchev–Trinajstić information content (AvgIpc) is 2.47. The molecule has 1 aromatic rings. The Morgan fingerprint density at radius 3 is 2.85 bits per heavy atom. The quantitative estimate of drug-likeness (QED) is 0.838. The molecular formula is C14H20FNO3S. The summed E-state index contributed by atoms with van der Waals surface area (Å²) in [6, 6.07) is 6.26. The number of ether oxygens (including phenoxy) is 1. The number of nitrogens with zero attached hydrogens (tertiary/aromatic N) is 1. The van der Waals surface area contributed by atoms with Crippen LogP contribution in [0.2, 0.25) is 0 Å². The summed E-state index contributed by atoms with van der Waals surface area (Å²) in [5.41, 5.74) is 0. The highest BCUT2D eigenvalue weighted by molar-refractivity contribution is 7.89. The zero-order chi connectivity index (χ0) is 14.6. The monoisotopic (exact) mass is 301 g/mol. The van der Waals surface area contributed by atoms with Crippen LogP contribution in [0.3, 0.4) is 0 Å². The third kappa shape index (κ3) is 3.70. The van der Waals surface area contributed by atoms with Gasteiger partial charge in [0, 0.05) is 19.0 Å². The van der Waals surface area contributed by atoms with Gasteiger partial charge in [-0.15, -0.1) is 0 Å². The molecule has 0 N–H and O–H groups in total. The second kappa shape index (κ2) is 6.54. The Morgan fingerprint density at radius 2 is 2.15 bits per heavy atom. The molecule has 1 heterocycles. The first kappa shape index (κ1) is 15.3. The zero-order valence-corrected chi connectivity index (χ0v) is 12.4. The number of rotatable bonds is 5. The number of benzene rings is 1. The first-order valence-corrected chi connectivity index (χ1v) is 8.49. The second-order valence-electron chi connectivity index (χ2n) is 5.01. The molecule has 2 rings (SSSR count). The third-order valence-electron chi connectivity index (χ3n) is 3.55. The lowest BCUT2D eigenvalue weighted by Crippen LogP contribution is -2.42. The molecule has 0 aliphatic carbocycles. The maximum Gasteiger partial charge on any atom is 0.213 e. The van der Waals surface area contributed by atoms with Crippen LogP contribution in [0.15, 0.2) is 24.3 Å². The van der Waals surface area contributed by atoms with Crippen LogP contribution >= 0.6 is 0 Å². The molecule has 1 aliphatic rings. The van der Waals surface area contributed by atoms with E-state index in [9.17, 15) is 12.8 Å². The number of hydrogen-bond acceptors (Lipinski definition) is 3. The lowest BCUT2D eigenvalue weighted by Gasteiger charge is -2.31. The summed E-state index contributed by atoms with van der Waals surface area (Å²) >= 11 is 0. The van der Waals surface area contributed by atoms with E-state index < -0.39 is 10.0 Å². The molecule has 0 spiro atoms. The molecule has 1 atom stereocenters. The van der Waals surface area contributed by atoms with Gasteiger partial charge in [0.2, 0.25) is 10.0 Å².